The molecule has 0 aromatic carbocycles. The number of alkyl halides is 2. The van der Waals surface area contributed by atoms with Crippen molar-refractivity contribution in [2.75, 3.05) is 6.61 Å². The molecule has 0 fully saturated rings. The van der Waals surface area contributed by atoms with Crippen LogP contribution in [-0.4, -0.2) is 17.6 Å². The summed E-state index contributed by atoms with van der Waals surface area (Å²) in [4.78, 5) is 14.8. The number of ether oxygens (including phenoxy) is 1. The summed E-state index contributed by atoms with van der Waals surface area (Å²) in [6, 6.07) is 1.15. The van der Waals surface area contributed by atoms with Crippen LogP contribution in [0.4, 0.5) is 8.78 Å². The van der Waals surface area contributed by atoms with Crippen LogP contribution in [0.15, 0.2) is 6.07 Å². The summed E-state index contributed by atoms with van der Waals surface area (Å²) in [5.74, 6) is -0.579. The van der Waals surface area contributed by atoms with E-state index >= 15 is 0 Å². The van der Waals surface area contributed by atoms with Gasteiger partial charge in [-0.05, 0) is 13.0 Å². The van der Waals surface area contributed by atoms with Gasteiger partial charge in [0.05, 0.1) is 28.8 Å². The summed E-state index contributed by atoms with van der Waals surface area (Å²) in [6.45, 7) is 1.84. The first-order valence-electron chi connectivity index (χ1n) is 4.74. The number of carbonyl (C=O) groups is 1. The molecule has 0 radical (unpaired) electrons. The summed E-state index contributed by atoms with van der Waals surface area (Å²) in [5, 5.41) is -0.162. The van der Waals surface area contributed by atoms with Crippen molar-refractivity contribution >= 4 is 29.2 Å². The van der Waals surface area contributed by atoms with E-state index in [-0.39, 0.29) is 28.8 Å². The third-order valence-corrected chi connectivity index (χ3v) is 2.48. The Morgan fingerprint density at radius 2 is 2.12 bits per heavy atom. The molecular formula is C10H9Cl2F2NO2. The van der Waals surface area contributed by atoms with Crippen molar-refractivity contribution in [1.29, 1.82) is 0 Å². The Hall–Kier alpha value is -0.940. The van der Waals surface area contributed by atoms with Gasteiger partial charge in [0, 0.05) is 0 Å². The second-order valence-corrected chi connectivity index (χ2v) is 3.88. The first-order valence-corrected chi connectivity index (χ1v) is 5.49. The highest BCUT2D eigenvalue weighted by atomic mass is 35.5. The van der Waals surface area contributed by atoms with Crippen molar-refractivity contribution < 1.29 is 18.3 Å². The van der Waals surface area contributed by atoms with Gasteiger partial charge in [-0.2, -0.15) is 0 Å². The highest BCUT2D eigenvalue weighted by Gasteiger charge is 2.18. The molecular weight excluding hydrogens is 275 g/mol. The Balaban J connectivity index is 2.99. The molecule has 1 aromatic heterocycles. The second kappa shape index (κ2) is 6.12. The predicted molar refractivity (Wildman–Crippen MR) is 59.6 cm³/mol. The van der Waals surface area contributed by atoms with Gasteiger partial charge in [0.25, 0.3) is 6.43 Å². The molecule has 0 N–H and O–H groups in total. The average molecular weight is 284 g/mol. The molecule has 0 aliphatic heterocycles. The highest BCUT2D eigenvalue weighted by Crippen LogP contribution is 2.29. The molecule has 17 heavy (non-hydrogen) atoms. The van der Waals surface area contributed by atoms with Gasteiger partial charge in [-0.25, -0.2) is 13.8 Å². The quantitative estimate of drug-likeness (QED) is 0.795. The van der Waals surface area contributed by atoms with E-state index in [2.05, 4.69) is 9.72 Å². The standard InChI is InChI=1S/C10H9Cl2F2NO2/c1-2-17-8(16)4-7-5(11)3-6(12)9(15-7)10(13)14/h3,10H,2,4H2,1H3. The maximum atomic E-state index is 12.5. The Morgan fingerprint density at radius 3 is 2.65 bits per heavy atom. The van der Waals surface area contributed by atoms with Crippen molar-refractivity contribution in [2.24, 2.45) is 0 Å². The van der Waals surface area contributed by atoms with E-state index in [9.17, 15) is 13.6 Å². The van der Waals surface area contributed by atoms with Crippen LogP contribution in [0.25, 0.3) is 0 Å². The molecule has 1 rings (SSSR count). The first kappa shape index (κ1) is 14.1. The molecule has 7 heteroatoms. The molecule has 0 aliphatic rings. The van der Waals surface area contributed by atoms with Crippen LogP contribution in [0, 0.1) is 0 Å². The minimum absolute atomic E-state index is 0.0322. The number of pyridine rings is 1. The van der Waals surface area contributed by atoms with Gasteiger partial charge in [0.2, 0.25) is 0 Å². The highest BCUT2D eigenvalue weighted by molar-refractivity contribution is 6.35. The monoisotopic (exact) mass is 283 g/mol. The van der Waals surface area contributed by atoms with E-state index < -0.39 is 18.1 Å². The number of nitrogens with zero attached hydrogens (tertiary/aromatic N) is 1. The third-order valence-electron chi connectivity index (χ3n) is 1.85. The van der Waals surface area contributed by atoms with Crippen LogP contribution >= 0.6 is 23.2 Å². The maximum absolute atomic E-state index is 12.5. The van der Waals surface area contributed by atoms with Crippen LogP contribution in [0.5, 0.6) is 0 Å². The lowest BCUT2D eigenvalue weighted by atomic mass is 10.2. The Labute approximate surface area is 107 Å². The van der Waals surface area contributed by atoms with Crippen LogP contribution in [0.3, 0.4) is 0 Å². The van der Waals surface area contributed by atoms with E-state index in [4.69, 9.17) is 23.2 Å². The summed E-state index contributed by atoms with van der Waals surface area (Å²) >= 11 is 11.3. The lowest BCUT2D eigenvalue weighted by Gasteiger charge is -2.08. The molecule has 3 nitrogen and oxygen atoms in total. The number of aromatic nitrogens is 1. The lowest BCUT2D eigenvalue weighted by molar-refractivity contribution is -0.142. The van der Waals surface area contributed by atoms with Crippen molar-refractivity contribution in [3.8, 4) is 0 Å². The minimum Gasteiger partial charge on any atom is -0.466 e. The van der Waals surface area contributed by atoms with Crippen LogP contribution in [-0.2, 0) is 16.0 Å². The molecule has 0 atom stereocenters. The molecule has 0 saturated carbocycles. The van der Waals surface area contributed by atoms with Gasteiger partial charge < -0.3 is 4.74 Å². The topological polar surface area (TPSA) is 39.2 Å². The number of hydrogen-bond acceptors (Lipinski definition) is 3. The summed E-state index contributed by atoms with van der Waals surface area (Å²) in [7, 11) is 0. The fraction of sp³-hybridized carbons (Fsp3) is 0.400. The first-order chi connectivity index (χ1) is 7.95. The van der Waals surface area contributed by atoms with Gasteiger partial charge in [-0.3, -0.25) is 4.79 Å². The second-order valence-electron chi connectivity index (χ2n) is 3.07. The van der Waals surface area contributed by atoms with Crippen molar-refractivity contribution in [3.05, 3.63) is 27.5 Å². The van der Waals surface area contributed by atoms with Gasteiger partial charge in [-0.15, -0.1) is 0 Å². The molecule has 0 saturated heterocycles. The number of rotatable bonds is 4. The Morgan fingerprint density at radius 1 is 1.47 bits per heavy atom. The van der Waals surface area contributed by atoms with Gasteiger partial charge in [0.1, 0.15) is 5.69 Å². The summed E-state index contributed by atoms with van der Waals surface area (Å²) in [5.41, 5.74) is -0.555. The zero-order valence-electron chi connectivity index (χ0n) is 8.84. The van der Waals surface area contributed by atoms with Crippen molar-refractivity contribution in [1.82, 2.24) is 4.98 Å². The fourth-order valence-electron chi connectivity index (χ4n) is 1.15. The largest absolute Gasteiger partial charge is 0.466 e. The number of hydrogen-bond donors (Lipinski definition) is 0. The van der Waals surface area contributed by atoms with E-state index in [0.717, 1.165) is 6.07 Å². The molecule has 0 amide bonds. The van der Waals surface area contributed by atoms with E-state index in [1.807, 2.05) is 0 Å². The van der Waals surface area contributed by atoms with Gasteiger partial charge >= 0.3 is 5.97 Å². The smallest absolute Gasteiger partial charge is 0.311 e. The van der Waals surface area contributed by atoms with E-state index in [1.165, 1.54) is 0 Å². The molecule has 0 bridgehead atoms. The van der Waals surface area contributed by atoms with Crippen LogP contribution in [0.2, 0.25) is 10.0 Å². The number of carbonyl (C=O) groups excluding carboxylic acids is 1. The number of esters is 1. The average Bonchev–Trinajstić information content (AvgIpc) is 2.21. The lowest BCUT2D eigenvalue weighted by Crippen LogP contribution is -2.10. The van der Waals surface area contributed by atoms with Gasteiger partial charge in [-0.1, -0.05) is 23.2 Å². The normalized spacial score (nSPS) is 10.7. The molecule has 1 aromatic rings. The maximum Gasteiger partial charge on any atom is 0.311 e. The fourth-order valence-corrected chi connectivity index (χ4v) is 1.65. The zero-order valence-corrected chi connectivity index (χ0v) is 10.4. The predicted octanol–water partition coefficient (Wildman–Crippen LogP) is 3.43. The molecule has 94 valence electrons. The Bertz CT molecular complexity index is 427. The zero-order chi connectivity index (χ0) is 13.0. The van der Waals surface area contributed by atoms with E-state index in [1.54, 1.807) is 6.92 Å². The molecule has 1 heterocycles. The molecule has 0 unspecified atom stereocenters. The molecule has 0 spiro atoms. The van der Waals surface area contributed by atoms with Gasteiger partial charge in [0.15, 0.2) is 0 Å². The molecule has 0 aliphatic carbocycles. The third kappa shape index (κ3) is 3.78. The van der Waals surface area contributed by atoms with Crippen LogP contribution < -0.4 is 0 Å². The minimum atomic E-state index is -2.82. The van der Waals surface area contributed by atoms with Crippen LogP contribution in [0.1, 0.15) is 24.7 Å². The van der Waals surface area contributed by atoms with Crippen molar-refractivity contribution in [3.63, 3.8) is 0 Å². The summed E-state index contributed by atoms with van der Waals surface area (Å²) in [6.07, 6.45) is -3.08. The van der Waals surface area contributed by atoms with Crippen molar-refractivity contribution in [2.45, 2.75) is 19.8 Å². The summed E-state index contributed by atoms with van der Waals surface area (Å²) < 4.78 is 29.7. The van der Waals surface area contributed by atoms with E-state index in [0.29, 0.717) is 0 Å². The Kier molecular flexibility index (Phi) is 5.08. The number of halogens is 4. The SMILES string of the molecule is CCOC(=O)Cc1nc(C(F)F)c(Cl)cc1Cl.